The third-order valence-corrected chi connectivity index (χ3v) is 5.29. The lowest BCUT2D eigenvalue weighted by Gasteiger charge is -2.32. The summed E-state index contributed by atoms with van der Waals surface area (Å²) in [5.74, 6) is -1.10. The summed E-state index contributed by atoms with van der Waals surface area (Å²) in [5.41, 5.74) is 0.775. The van der Waals surface area contributed by atoms with E-state index in [9.17, 15) is 18.3 Å². The SMILES string of the molecule is C[C@@H](NS(=O)(=O)N1CCCCC1C(=O)O)c1ccncc1. The molecule has 0 amide bonds. The van der Waals surface area contributed by atoms with Gasteiger partial charge in [0.2, 0.25) is 0 Å². The molecule has 2 N–H and O–H groups in total. The Balaban J connectivity index is 2.15. The Bertz CT molecular complexity index is 591. The molecule has 0 aromatic carbocycles. The molecule has 2 heterocycles. The average Bonchev–Trinajstić information content (AvgIpc) is 2.47. The van der Waals surface area contributed by atoms with Gasteiger partial charge < -0.3 is 5.11 Å². The summed E-state index contributed by atoms with van der Waals surface area (Å²) in [7, 11) is -3.84. The van der Waals surface area contributed by atoms with Crippen LogP contribution in [0.15, 0.2) is 24.5 Å². The fourth-order valence-electron chi connectivity index (χ4n) is 2.45. The maximum absolute atomic E-state index is 12.4. The van der Waals surface area contributed by atoms with Gasteiger partial charge in [-0.05, 0) is 43.9 Å². The second kappa shape index (κ2) is 6.50. The van der Waals surface area contributed by atoms with Gasteiger partial charge in [-0.1, -0.05) is 0 Å². The van der Waals surface area contributed by atoms with Gasteiger partial charge in [-0.3, -0.25) is 9.78 Å². The van der Waals surface area contributed by atoms with Gasteiger partial charge in [0.15, 0.2) is 0 Å². The molecule has 0 saturated carbocycles. The van der Waals surface area contributed by atoms with Crippen molar-refractivity contribution < 1.29 is 18.3 Å². The molecule has 1 fully saturated rings. The molecule has 2 atom stereocenters. The second-order valence-corrected chi connectivity index (χ2v) is 6.74. The number of hydrogen-bond donors (Lipinski definition) is 2. The van der Waals surface area contributed by atoms with Crippen molar-refractivity contribution in [3.63, 3.8) is 0 Å². The molecule has 7 nitrogen and oxygen atoms in total. The molecular formula is C13H19N3O4S. The van der Waals surface area contributed by atoms with E-state index in [1.54, 1.807) is 31.5 Å². The fourth-order valence-corrected chi connectivity index (χ4v) is 4.07. The highest BCUT2D eigenvalue weighted by Crippen LogP contribution is 2.22. The van der Waals surface area contributed by atoms with Crippen molar-refractivity contribution in [2.75, 3.05) is 6.54 Å². The molecule has 0 aliphatic carbocycles. The summed E-state index contributed by atoms with van der Waals surface area (Å²) in [5, 5.41) is 9.18. The monoisotopic (exact) mass is 313 g/mol. The fraction of sp³-hybridized carbons (Fsp3) is 0.538. The molecule has 0 spiro atoms. The van der Waals surface area contributed by atoms with Crippen LogP contribution in [-0.2, 0) is 15.0 Å². The molecule has 0 bridgehead atoms. The maximum Gasteiger partial charge on any atom is 0.322 e. The van der Waals surface area contributed by atoms with Crippen LogP contribution >= 0.6 is 0 Å². The minimum atomic E-state index is -3.84. The molecule has 1 aliphatic rings. The topological polar surface area (TPSA) is 99.6 Å². The lowest BCUT2D eigenvalue weighted by Crippen LogP contribution is -2.52. The number of nitrogens with zero attached hydrogens (tertiary/aromatic N) is 2. The van der Waals surface area contributed by atoms with Gasteiger partial charge in [0.25, 0.3) is 10.2 Å². The molecule has 1 unspecified atom stereocenters. The van der Waals surface area contributed by atoms with Crippen molar-refractivity contribution in [2.24, 2.45) is 0 Å². The van der Waals surface area contributed by atoms with Crippen LogP contribution in [0.4, 0.5) is 0 Å². The van der Waals surface area contributed by atoms with Crippen molar-refractivity contribution in [3.05, 3.63) is 30.1 Å². The van der Waals surface area contributed by atoms with E-state index in [4.69, 9.17) is 0 Å². The van der Waals surface area contributed by atoms with E-state index in [0.29, 0.717) is 12.8 Å². The zero-order valence-corrected chi connectivity index (χ0v) is 12.6. The van der Waals surface area contributed by atoms with Gasteiger partial charge in [-0.2, -0.15) is 17.4 Å². The van der Waals surface area contributed by atoms with E-state index >= 15 is 0 Å². The van der Waals surface area contributed by atoms with E-state index in [1.165, 1.54) is 0 Å². The highest BCUT2D eigenvalue weighted by molar-refractivity contribution is 7.87. The lowest BCUT2D eigenvalue weighted by atomic mass is 10.1. The Labute approximate surface area is 124 Å². The Morgan fingerprint density at radius 1 is 1.43 bits per heavy atom. The molecular weight excluding hydrogens is 294 g/mol. The molecule has 21 heavy (non-hydrogen) atoms. The van der Waals surface area contributed by atoms with E-state index in [-0.39, 0.29) is 6.54 Å². The Morgan fingerprint density at radius 2 is 2.10 bits per heavy atom. The van der Waals surface area contributed by atoms with Gasteiger partial charge in [0.1, 0.15) is 6.04 Å². The highest BCUT2D eigenvalue weighted by atomic mass is 32.2. The van der Waals surface area contributed by atoms with Crippen LogP contribution in [0.25, 0.3) is 0 Å². The molecule has 1 aromatic rings. The maximum atomic E-state index is 12.4. The smallest absolute Gasteiger partial charge is 0.322 e. The van der Waals surface area contributed by atoms with Gasteiger partial charge in [-0.15, -0.1) is 0 Å². The predicted molar refractivity (Wildman–Crippen MR) is 76.7 cm³/mol. The second-order valence-electron chi connectivity index (χ2n) is 5.09. The van der Waals surface area contributed by atoms with Gasteiger partial charge in [0, 0.05) is 25.0 Å². The quantitative estimate of drug-likeness (QED) is 0.842. The van der Waals surface area contributed by atoms with Crippen LogP contribution in [0.5, 0.6) is 0 Å². The Morgan fingerprint density at radius 3 is 2.71 bits per heavy atom. The number of carboxylic acid groups (broad SMARTS) is 1. The first kappa shape index (κ1) is 15.9. The summed E-state index contributed by atoms with van der Waals surface area (Å²) in [4.78, 5) is 15.1. The molecule has 2 rings (SSSR count). The van der Waals surface area contributed by atoms with Crippen molar-refractivity contribution in [1.29, 1.82) is 0 Å². The van der Waals surface area contributed by atoms with Crippen LogP contribution in [-0.4, -0.2) is 41.4 Å². The van der Waals surface area contributed by atoms with E-state index in [1.807, 2.05) is 0 Å². The predicted octanol–water partition coefficient (Wildman–Crippen LogP) is 0.916. The molecule has 8 heteroatoms. The minimum Gasteiger partial charge on any atom is -0.480 e. The number of nitrogens with one attached hydrogen (secondary N) is 1. The van der Waals surface area contributed by atoms with E-state index in [0.717, 1.165) is 16.3 Å². The minimum absolute atomic E-state index is 0.232. The van der Waals surface area contributed by atoms with E-state index < -0.39 is 28.3 Å². The first-order valence-electron chi connectivity index (χ1n) is 6.83. The number of pyridine rings is 1. The first-order chi connectivity index (χ1) is 9.92. The normalized spacial score (nSPS) is 21.9. The average molecular weight is 313 g/mol. The summed E-state index contributed by atoms with van der Waals surface area (Å²) in [6.07, 6.45) is 4.92. The van der Waals surface area contributed by atoms with Crippen LogP contribution < -0.4 is 4.72 Å². The number of carbonyl (C=O) groups is 1. The molecule has 0 radical (unpaired) electrons. The summed E-state index contributed by atoms with van der Waals surface area (Å²) in [6.45, 7) is 1.95. The van der Waals surface area contributed by atoms with Crippen LogP contribution in [0.3, 0.4) is 0 Å². The summed E-state index contributed by atoms with van der Waals surface area (Å²) in [6, 6.07) is 2.01. The van der Waals surface area contributed by atoms with Crippen LogP contribution in [0.2, 0.25) is 0 Å². The van der Waals surface area contributed by atoms with Crippen molar-refractivity contribution in [1.82, 2.24) is 14.0 Å². The highest BCUT2D eigenvalue weighted by Gasteiger charge is 2.37. The van der Waals surface area contributed by atoms with E-state index in [2.05, 4.69) is 9.71 Å². The summed E-state index contributed by atoms with van der Waals surface area (Å²) >= 11 is 0. The number of aliphatic carboxylic acids is 1. The Hall–Kier alpha value is -1.51. The van der Waals surface area contributed by atoms with Crippen LogP contribution in [0, 0.1) is 0 Å². The molecule has 1 saturated heterocycles. The zero-order valence-electron chi connectivity index (χ0n) is 11.8. The molecule has 1 aliphatic heterocycles. The lowest BCUT2D eigenvalue weighted by molar-refractivity contribution is -0.142. The number of piperidine rings is 1. The van der Waals surface area contributed by atoms with Crippen molar-refractivity contribution in [2.45, 2.75) is 38.3 Å². The standard InChI is InChI=1S/C13H19N3O4S/c1-10(11-5-7-14-8-6-11)15-21(19,20)16-9-3-2-4-12(16)13(17)18/h5-8,10,12,15H,2-4,9H2,1H3,(H,17,18)/t10-,12?/m1/s1. The Kier molecular flexibility index (Phi) is 4.92. The number of hydrogen-bond acceptors (Lipinski definition) is 4. The number of carboxylic acids is 1. The largest absolute Gasteiger partial charge is 0.480 e. The van der Waals surface area contributed by atoms with Gasteiger partial charge in [-0.25, -0.2) is 0 Å². The molecule has 1 aromatic heterocycles. The van der Waals surface area contributed by atoms with Crippen molar-refractivity contribution >= 4 is 16.2 Å². The molecule has 116 valence electrons. The van der Waals surface area contributed by atoms with Crippen molar-refractivity contribution in [3.8, 4) is 0 Å². The number of rotatable bonds is 5. The number of aromatic nitrogens is 1. The summed E-state index contributed by atoms with van der Waals surface area (Å²) < 4.78 is 28.4. The first-order valence-corrected chi connectivity index (χ1v) is 8.27. The zero-order chi connectivity index (χ0) is 15.5. The van der Waals surface area contributed by atoms with Gasteiger partial charge >= 0.3 is 5.97 Å². The van der Waals surface area contributed by atoms with Crippen LogP contribution in [0.1, 0.15) is 37.8 Å². The third-order valence-electron chi connectivity index (χ3n) is 3.58. The van der Waals surface area contributed by atoms with Gasteiger partial charge in [0.05, 0.1) is 0 Å². The third kappa shape index (κ3) is 3.78.